The molecule has 0 fully saturated rings. The van der Waals surface area contributed by atoms with Crippen molar-refractivity contribution in [1.82, 2.24) is 9.97 Å². The van der Waals surface area contributed by atoms with Crippen LogP contribution in [0.2, 0.25) is 0 Å². The SMILES string of the molecule is Cc1cnc(C(C)Nc2cncc(Br)c2)o1. The van der Waals surface area contributed by atoms with Gasteiger partial charge in [0.25, 0.3) is 0 Å². The lowest BCUT2D eigenvalue weighted by Gasteiger charge is -2.11. The van der Waals surface area contributed by atoms with Crippen molar-refractivity contribution in [2.75, 3.05) is 5.32 Å². The number of nitrogens with zero attached hydrogens (tertiary/aromatic N) is 2. The van der Waals surface area contributed by atoms with E-state index in [2.05, 4.69) is 31.2 Å². The monoisotopic (exact) mass is 281 g/mol. The summed E-state index contributed by atoms with van der Waals surface area (Å²) in [5.74, 6) is 1.49. The molecule has 4 nitrogen and oxygen atoms in total. The van der Waals surface area contributed by atoms with Gasteiger partial charge in [-0.05, 0) is 35.8 Å². The Morgan fingerprint density at radius 1 is 1.38 bits per heavy atom. The van der Waals surface area contributed by atoms with Crippen LogP contribution in [0.5, 0.6) is 0 Å². The van der Waals surface area contributed by atoms with Gasteiger partial charge in [0.15, 0.2) is 0 Å². The summed E-state index contributed by atoms with van der Waals surface area (Å²) in [6, 6.07) is 1.98. The van der Waals surface area contributed by atoms with Crippen LogP contribution in [0.3, 0.4) is 0 Å². The lowest BCUT2D eigenvalue weighted by Crippen LogP contribution is -2.06. The largest absolute Gasteiger partial charge is 0.444 e. The number of pyridine rings is 1. The second-order valence-electron chi connectivity index (χ2n) is 3.57. The van der Waals surface area contributed by atoms with Gasteiger partial charge in [0.2, 0.25) is 5.89 Å². The second-order valence-corrected chi connectivity index (χ2v) is 4.48. The molecule has 0 saturated carbocycles. The molecular formula is C11H12BrN3O. The van der Waals surface area contributed by atoms with Crippen molar-refractivity contribution in [3.8, 4) is 0 Å². The van der Waals surface area contributed by atoms with E-state index in [1.807, 2.05) is 19.9 Å². The molecule has 0 spiro atoms. The maximum Gasteiger partial charge on any atom is 0.216 e. The third-order valence-electron chi connectivity index (χ3n) is 2.10. The molecule has 0 bridgehead atoms. The number of hydrogen-bond donors (Lipinski definition) is 1. The Kier molecular flexibility index (Phi) is 3.24. The van der Waals surface area contributed by atoms with E-state index in [9.17, 15) is 0 Å². The van der Waals surface area contributed by atoms with Crippen molar-refractivity contribution in [3.05, 3.63) is 40.8 Å². The number of hydrogen-bond acceptors (Lipinski definition) is 4. The minimum atomic E-state index is 0.0183. The molecule has 0 aromatic carbocycles. The first-order chi connectivity index (χ1) is 7.65. The average molecular weight is 282 g/mol. The lowest BCUT2D eigenvalue weighted by atomic mass is 10.3. The van der Waals surface area contributed by atoms with Gasteiger partial charge in [-0.1, -0.05) is 0 Å². The highest BCUT2D eigenvalue weighted by atomic mass is 79.9. The molecule has 2 heterocycles. The summed E-state index contributed by atoms with van der Waals surface area (Å²) in [4.78, 5) is 8.25. The highest BCUT2D eigenvalue weighted by Gasteiger charge is 2.11. The van der Waals surface area contributed by atoms with Crippen LogP contribution < -0.4 is 5.32 Å². The molecule has 0 aliphatic carbocycles. The molecule has 2 rings (SSSR count). The fourth-order valence-electron chi connectivity index (χ4n) is 1.37. The predicted octanol–water partition coefficient (Wildman–Crippen LogP) is 3.31. The van der Waals surface area contributed by atoms with Gasteiger partial charge in [-0.3, -0.25) is 4.98 Å². The summed E-state index contributed by atoms with van der Waals surface area (Å²) in [5.41, 5.74) is 0.928. The summed E-state index contributed by atoms with van der Waals surface area (Å²) in [6.45, 7) is 3.87. The van der Waals surface area contributed by atoms with Crippen molar-refractivity contribution in [3.63, 3.8) is 0 Å². The van der Waals surface area contributed by atoms with Crippen molar-refractivity contribution in [2.24, 2.45) is 0 Å². The Bertz CT molecular complexity index is 484. The first-order valence-electron chi connectivity index (χ1n) is 4.94. The highest BCUT2D eigenvalue weighted by molar-refractivity contribution is 9.10. The van der Waals surface area contributed by atoms with Gasteiger partial charge in [0.05, 0.1) is 18.1 Å². The third kappa shape index (κ3) is 2.61. The van der Waals surface area contributed by atoms with Gasteiger partial charge in [0, 0.05) is 10.7 Å². The summed E-state index contributed by atoms with van der Waals surface area (Å²) in [5, 5.41) is 3.26. The fourth-order valence-corrected chi connectivity index (χ4v) is 1.74. The number of halogens is 1. The lowest BCUT2D eigenvalue weighted by molar-refractivity contribution is 0.453. The molecule has 1 N–H and O–H groups in total. The zero-order valence-corrected chi connectivity index (χ0v) is 10.7. The number of oxazole rings is 1. The Morgan fingerprint density at radius 2 is 2.19 bits per heavy atom. The topological polar surface area (TPSA) is 51.0 Å². The average Bonchev–Trinajstić information content (AvgIpc) is 2.65. The van der Waals surface area contributed by atoms with E-state index in [4.69, 9.17) is 4.42 Å². The number of rotatable bonds is 3. The maximum absolute atomic E-state index is 5.44. The first kappa shape index (κ1) is 11.1. The number of anilines is 1. The molecule has 1 unspecified atom stereocenters. The van der Waals surface area contributed by atoms with Gasteiger partial charge in [-0.15, -0.1) is 0 Å². The van der Waals surface area contributed by atoms with Crippen LogP contribution in [0.25, 0.3) is 0 Å². The molecule has 2 aromatic heterocycles. The molecule has 0 aliphatic heterocycles. The first-order valence-corrected chi connectivity index (χ1v) is 5.74. The smallest absolute Gasteiger partial charge is 0.216 e. The number of aryl methyl sites for hydroxylation is 1. The summed E-state index contributed by atoms with van der Waals surface area (Å²) >= 11 is 3.37. The zero-order chi connectivity index (χ0) is 11.5. The van der Waals surface area contributed by atoms with Crippen molar-refractivity contribution < 1.29 is 4.42 Å². The molecule has 0 saturated heterocycles. The van der Waals surface area contributed by atoms with E-state index < -0.39 is 0 Å². The van der Waals surface area contributed by atoms with Gasteiger partial charge in [-0.2, -0.15) is 0 Å². The van der Waals surface area contributed by atoms with E-state index in [-0.39, 0.29) is 6.04 Å². The molecular weight excluding hydrogens is 270 g/mol. The predicted molar refractivity (Wildman–Crippen MR) is 65.2 cm³/mol. The third-order valence-corrected chi connectivity index (χ3v) is 2.53. The molecule has 0 radical (unpaired) electrons. The molecule has 5 heteroatoms. The van der Waals surface area contributed by atoms with Crippen LogP contribution in [0.4, 0.5) is 5.69 Å². The van der Waals surface area contributed by atoms with Crippen LogP contribution in [-0.2, 0) is 0 Å². The van der Waals surface area contributed by atoms with Gasteiger partial charge in [-0.25, -0.2) is 4.98 Å². The minimum Gasteiger partial charge on any atom is -0.444 e. The van der Waals surface area contributed by atoms with Crippen LogP contribution >= 0.6 is 15.9 Å². The maximum atomic E-state index is 5.44. The van der Waals surface area contributed by atoms with Crippen molar-refractivity contribution >= 4 is 21.6 Å². The normalized spacial score (nSPS) is 12.4. The Hall–Kier alpha value is -1.36. The summed E-state index contributed by atoms with van der Waals surface area (Å²) in [6.07, 6.45) is 5.22. The summed E-state index contributed by atoms with van der Waals surface area (Å²) < 4.78 is 6.38. The van der Waals surface area contributed by atoms with Gasteiger partial charge < -0.3 is 9.73 Å². The quantitative estimate of drug-likeness (QED) is 0.938. The molecule has 16 heavy (non-hydrogen) atoms. The van der Waals surface area contributed by atoms with Crippen LogP contribution in [0.1, 0.15) is 24.6 Å². The zero-order valence-electron chi connectivity index (χ0n) is 9.07. The highest BCUT2D eigenvalue weighted by Crippen LogP contribution is 2.20. The standard InChI is InChI=1S/C11H12BrN3O/c1-7-4-14-11(16-7)8(2)15-10-3-9(12)5-13-6-10/h3-6,8,15H,1-2H3. The molecule has 84 valence electrons. The Labute approximate surface area is 102 Å². The van der Waals surface area contributed by atoms with E-state index in [0.717, 1.165) is 15.9 Å². The molecule has 1 atom stereocenters. The van der Waals surface area contributed by atoms with Crippen LogP contribution in [-0.4, -0.2) is 9.97 Å². The second kappa shape index (κ2) is 4.65. The van der Waals surface area contributed by atoms with Crippen LogP contribution in [0.15, 0.2) is 33.5 Å². The molecule has 0 aliphatic rings. The van der Waals surface area contributed by atoms with Crippen LogP contribution in [0, 0.1) is 6.92 Å². The van der Waals surface area contributed by atoms with Crippen molar-refractivity contribution in [1.29, 1.82) is 0 Å². The van der Waals surface area contributed by atoms with Gasteiger partial charge >= 0.3 is 0 Å². The number of aromatic nitrogens is 2. The number of nitrogens with one attached hydrogen (secondary N) is 1. The van der Waals surface area contributed by atoms with Gasteiger partial charge in [0.1, 0.15) is 11.8 Å². The Balaban J connectivity index is 2.10. The summed E-state index contributed by atoms with van der Waals surface area (Å²) in [7, 11) is 0. The Morgan fingerprint density at radius 3 is 2.81 bits per heavy atom. The molecule has 2 aromatic rings. The fraction of sp³-hybridized carbons (Fsp3) is 0.273. The molecule has 0 amide bonds. The van der Waals surface area contributed by atoms with E-state index in [0.29, 0.717) is 5.89 Å². The van der Waals surface area contributed by atoms with E-state index in [1.165, 1.54) is 0 Å². The minimum absolute atomic E-state index is 0.0183. The van der Waals surface area contributed by atoms with E-state index >= 15 is 0 Å². The van der Waals surface area contributed by atoms with E-state index in [1.54, 1.807) is 18.6 Å². The van der Waals surface area contributed by atoms with Crippen molar-refractivity contribution in [2.45, 2.75) is 19.9 Å².